The Kier molecular flexibility index (Phi) is 5.23. The van der Waals surface area contributed by atoms with Gasteiger partial charge in [-0.1, -0.05) is 41.9 Å². The van der Waals surface area contributed by atoms with Crippen LogP contribution in [0.3, 0.4) is 0 Å². The minimum atomic E-state index is -0.661. The normalized spacial score (nSPS) is 11.8. The van der Waals surface area contributed by atoms with E-state index in [0.717, 1.165) is 11.1 Å². The van der Waals surface area contributed by atoms with Gasteiger partial charge in [-0.15, -0.1) is 0 Å². The van der Waals surface area contributed by atoms with Crippen molar-refractivity contribution in [2.45, 2.75) is 19.4 Å². The first-order chi connectivity index (χ1) is 10.1. The lowest BCUT2D eigenvalue weighted by atomic mass is 10.0. The molecule has 0 aliphatic rings. The largest absolute Gasteiger partial charge is 0.479 e. The first-order valence-electron chi connectivity index (χ1n) is 6.67. The zero-order valence-corrected chi connectivity index (χ0v) is 12.8. The molecule has 0 amide bonds. The Hall–Kier alpha value is -2.00. The molecular formula is C17H17ClO3. The molecule has 0 saturated heterocycles. The van der Waals surface area contributed by atoms with Crippen molar-refractivity contribution in [2.75, 3.05) is 7.11 Å². The number of carbonyl (C=O) groups is 1. The highest BCUT2D eigenvalue weighted by Gasteiger charge is 2.17. The molecule has 3 nitrogen and oxygen atoms in total. The monoisotopic (exact) mass is 304 g/mol. The number of halogens is 1. The Morgan fingerprint density at radius 3 is 2.57 bits per heavy atom. The fourth-order valence-electron chi connectivity index (χ4n) is 2.02. The summed E-state index contributed by atoms with van der Waals surface area (Å²) in [5.41, 5.74) is 2.08. The van der Waals surface area contributed by atoms with E-state index in [1.807, 2.05) is 36.4 Å². The summed E-state index contributed by atoms with van der Waals surface area (Å²) < 4.78 is 10.4. The molecule has 0 saturated carbocycles. The number of methoxy groups -OCH3 is 1. The minimum absolute atomic E-state index is 0.407. The van der Waals surface area contributed by atoms with Gasteiger partial charge in [-0.25, -0.2) is 4.79 Å². The SMILES string of the molecule is COC(=O)[C@H](C)Oc1ccc(Cl)cc1Cc1ccccc1. The molecule has 0 fully saturated rings. The van der Waals surface area contributed by atoms with Crippen LogP contribution in [0, 0.1) is 0 Å². The molecule has 21 heavy (non-hydrogen) atoms. The molecule has 2 rings (SSSR count). The van der Waals surface area contributed by atoms with E-state index in [0.29, 0.717) is 17.2 Å². The Bertz CT molecular complexity index is 611. The summed E-state index contributed by atoms with van der Waals surface area (Å²) in [6.45, 7) is 1.66. The predicted octanol–water partition coefficient (Wildman–Crippen LogP) is 3.87. The summed E-state index contributed by atoms with van der Waals surface area (Å²) in [6.07, 6.45) is 0.0238. The van der Waals surface area contributed by atoms with Gasteiger partial charge in [-0.3, -0.25) is 0 Å². The molecule has 0 heterocycles. The molecule has 0 unspecified atom stereocenters. The number of ether oxygens (including phenoxy) is 2. The van der Waals surface area contributed by atoms with Crippen molar-refractivity contribution in [1.29, 1.82) is 0 Å². The second-order valence-electron chi connectivity index (χ2n) is 4.70. The van der Waals surface area contributed by atoms with E-state index < -0.39 is 12.1 Å². The fourth-order valence-corrected chi connectivity index (χ4v) is 2.22. The van der Waals surface area contributed by atoms with Gasteiger partial charge >= 0.3 is 5.97 Å². The molecule has 4 heteroatoms. The summed E-state index contributed by atoms with van der Waals surface area (Å²) in [5, 5.41) is 0.638. The fraction of sp³-hybridized carbons (Fsp3) is 0.235. The van der Waals surface area contributed by atoms with Crippen molar-refractivity contribution < 1.29 is 14.3 Å². The van der Waals surface area contributed by atoms with E-state index >= 15 is 0 Å². The van der Waals surface area contributed by atoms with Crippen LogP contribution in [-0.4, -0.2) is 19.2 Å². The van der Waals surface area contributed by atoms with Crippen molar-refractivity contribution in [3.8, 4) is 5.75 Å². The van der Waals surface area contributed by atoms with Gasteiger partial charge < -0.3 is 9.47 Å². The number of hydrogen-bond acceptors (Lipinski definition) is 3. The van der Waals surface area contributed by atoms with Crippen LogP contribution in [-0.2, 0) is 16.0 Å². The molecule has 1 atom stereocenters. The number of esters is 1. The summed E-state index contributed by atoms with van der Waals surface area (Å²) in [6, 6.07) is 15.4. The van der Waals surface area contributed by atoms with E-state index in [-0.39, 0.29) is 0 Å². The van der Waals surface area contributed by atoms with Crippen molar-refractivity contribution in [3.63, 3.8) is 0 Å². The Morgan fingerprint density at radius 1 is 1.19 bits per heavy atom. The maximum Gasteiger partial charge on any atom is 0.346 e. The zero-order chi connectivity index (χ0) is 15.2. The van der Waals surface area contributed by atoms with Gasteiger partial charge in [-0.05, 0) is 30.7 Å². The van der Waals surface area contributed by atoms with E-state index in [2.05, 4.69) is 4.74 Å². The lowest BCUT2D eigenvalue weighted by Gasteiger charge is -2.16. The molecule has 0 bridgehead atoms. The Balaban J connectivity index is 2.23. The second kappa shape index (κ2) is 7.14. The van der Waals surface area contributed by atoms with Gasteiger partial charge in [0.15, 0.2) is 6.10 Å². The van der Waals surface area contributed by atoms with Gasteiger partial charge in [0, 0.05) is 17.0 Å². The van der Waals surface area contributed by atoms with Crippen molar-refractivity contribution in [1.82, 2.24) is 0 Å². The van der Waals surface area contributed by atoms with Crippen LogP contribution in [0.1, 0.15) is 18.1 Å². The molecule has 2 aromatic carbocycles. The number of carbonyl (C=O) groups excluding carboxylic acids is 1. The van der Waals surface area contributed by atoms with Crippen molar-refractivity contribution >= 4 is 17.6 Å². The maximum atomic E-state index is 11.5. The molecule has 0 radical (unpaired) electrons. The first-order valence-corrected chi connectivity index (χ1v) is 7.05. The van der Waals surface area contributed by atoms with Gasteiger partial charge in [0.1, 0.15) is 5.75 Å². The van der Waals surface area contributed by atoms with E-state index in [1.54, 1.807) is 19.1 Å². The summed E-state index contributed by atoms with van der Waals surface area (Å²) in [7, 11) is 1.34. The van der Waals surface area contributed by atoms with Crippen molar-refractivity contribution in [2.24, 2.45) is 0 Å². The van der Waals surface area contributed by atoms with E-state index in [1.165, 1.54) is 7.11 Å². The van der Waals surface area contributed by atoms with Crippen LogP contribution in [0.2, 0.25) is 5.02 Å². The lowest BCUT2D eigenvalue weighted by molar-refractivity contribution is -0.147. The summed E-state index contributed by atoms with van der Waals surface area (Å²) >= 11 is 6.06. The third-order valence-corrected chi connectivity index (χ3v) is 3.33. The van der Waals surface area contributed by atoms with Gasteiger partial charge in [0.2, 0.25) is 0 Å². The van der Waals surface area contributed by atoms with Crippen LogP contribution in [0.4, 0.5) is 0 Å². The Morgan fingerprint density at radius 2 is 1.90 bits per heavy atom. The summed E-state index contributed by atoms with van der Waals surface area (Å²) in [5.74, 6) is 0.233. The molecule has 0 aliphatic heterocycles. The highest BCUT2D eigenvalue weighted by Crippen LogP contribution is 2.26. The topological polar surface area (TPSA) is 35.5 Å². The number of hydrogen-bond donors (Lipinski definition) is 0. The van der Waals surface area contributed by atoms with Crippen LogP contribution in [0.25, 0.3) is 0 Å². The highest BCUT2D eigenvalue weighted by atomic mass is 35.5. The second-order valence-corrected chi connectivity index (χ2v) is 5.13. The zero-order valence-electron chi connectivity index (χ0n) is 12.0. The first kappa shape index (κ1) is 15.4. The van der Waals surface area contributed by atoms with E-state index in [4.69, 9.17) is 16.3 Å². The number of benzene rings is 2. The smallest absolute Gasteiger partial charge is 0.346 e. The van der Waals surface area contributed by atoms with Gasteiger partial charge in [0.05, 0.1) is 7.11 Å². The molecule has 0 aliphatic carbocycles. The van der Waals surface area contributed by atoms with Crippen LogP contribution < -0.4 is 4.74 Å². The summed E-state index contributed by atoms with van der Waals surface area (Å²) in [4.78, 5) is 11.5. The van der Waals surface area contributed by atoms with Crippen LogP contribution in [0.5, 0.6) is 5.75 Å². The van der Waals surface area contributed by atoms with Gasteiger partial charge in [-0.2, -0.15) is 0 Å². The maximum absolute atomic E-state index is 11.5. The molecule has 0 spiro atoms. The minimum Gasteiger partial charge on any atom is -0.479 e. The highest BCUT2D eigenvalue weighted by molar-refractivity contribution is 6.30. The van der Waals surface area contributed by atoms with Crippen molar-refractivity contribution in [3.05, 3.63) is 64.7 Å². The molecule has 110 valence electrons. The van der Waals surface area contributed by atoms with E-state index in [9.17, 15) is 4.79 Å². The molecule has 0 N–H and O–H groups in total. The lowest BCUT2D eigenvalue weighted by Crippen LogP contribution is -2.25. The number of rotatable bonds is 5. The standard InChI is InChI=1S/C17H17ClO3/c1-12(17(19)20-2)21-16-9-8-15(18)11-14(16)10-13-6-4-3-5-7-13/h3-9,11-12H,10H2,1-2H3/t12-/m0/s1. The average molecular weight is 305 g/mol. The van der Waals surface area contributed by atoms with Gasteiger partial charge in [0.25, 0.3) is 0 Å². The average Bonchev–Trinajstić information content (AvgIpc) is 2.50. The Labute approximate surface area is 129 Å². The van der Waals surface area contributed by atoms with Crippen LogP contribution in [0.15, 0.2) is 48.5 Å². The quantitative estimate of drug-likeness (QED) is 0.787. The molecule has 2 aromatic rings. The predicted molar refractivity (Wildman–Crippen MR) is 82.8 cm³/mol. The molecule has 0 aromatic heterocycles. The third-order valence-electron chi connectivity index (χ3n) is 3.10. The molecular weight excluding hydrogens is 288 g/mol. The van der Waals surface area contributed by atoms with Crippen LogP contribution >= 0.6 is 11.6 Å². The third kappa shape index (κ3) is 4.23.